The van der Waals surface area contributed by atoms with E-state index in [9.17, 15) is 4.79 Å². The fourth-order valence-corrected chi connectivity index (χ4v) is 1.95. The molecular formula is C16H17NO2. The zero-order valence-electron chi connectivity index (χ0n) is 11.1. The molecule has 0 amide bonds. The molecular weight excluding hydrogens is 238 g/mol. The lowest BCUT2D eigenvalue weighted by Gasteiger charge is -2.08. The standard InChI is InChI=1S/C16H17NO2/c1-11-7-12(2)9-15(8-11)19-14-5-3-13(4-6-14)16(18)10-17/h3-9H,10,17H2,1-2H3. The van der Waals surface area contributed by atoms with Gasteiger partial charge in [-0.25, -0.2) is 0 Å². The molecule has 2 rings (SSSR count). The van der Waals surface area contributed by atoms with Crippen molar-refractivity contribution in [3.63, 3.8) is 0 Å². The molecule has 2 aromatic carbocycles. The fraction of sp³-hybridized carbons (Fsp3) is 0.188. The van der Waals surface area contributed by atoms with Crippen molar-refractivity contribution >= 4 is 5.78 Å². The van der Waals surface area contributed by atoms with Crippen molar-refractivity contribution in [1.29, 1.82) is 0 Å². The van der Waals surface area contributed by atoms with Gasteiger partial charge in [0.2, 0.25) is 0 Å². The van der Waals surface area contributed by atoms with Crippen molar-refractivity contribution in [3.05, 3.63) is 59.2 Å². The highest BCUT2D eigenvalue weighted by Crippen LogP contribution is 2.24. The van der Waals surface area contributed by atoms with Gasteiger partial charge in [-0.1, -0.05) is 6.07 Å². The minimum absolute atomic E-state index is 0.0251. The number of carbonyl (C=O) groups is 1. The molecule has 0 atom stereocenters. The topological polar surface area (TPSA) is 52.3 Å². The average molecular weight is 255 g/mol. The van der Waals surface area contributed by atoms with Crippen LogP contribution < -0.4 is 10.5 Å². The van der Waals surface area contributed by atoms with Gasteiger partial charge in [-0.05, 0) is 61.4 Å². The number of nitrogens with two attached hydrogens (primary N) is 1. The quantitative estimate of drug-likeness (QED) is 0.853. The van der Waals surface area contributed by atoms with Crippen molar-refractivity contribution < 1.29 is 9.53 Å². The van der Waals surface area contributed by atoms with Gasteiger partial charge in [0.15, 0.2) is 5.78 Å². The van der Waals surface area contributed by atoms with Crippen molar-refractivity contribution in [1.82, 2.24) is 0 Å². The van der Waals surface area contributed by atoms with Crippen LogP contribution in [0.5, 0.6) is 11.5 Å². The summed E-state index contributed by atoms with van der Waals surface area (Å²) in [4.78, 5) is 11.4. The average Bonchev–Trinajstić information content (AvgIpc) is 2.37. The highest BCUT2D eigenvalue weighted by molar-refractivity contribution is 5.97. The number of carbonyl (C=O) groups excluding carboxylic acids is 1. The Morgan fingerprint density at radius 1 is 1.00 bits per heavy atom. The number of aryl methyl sites for hydroxylation is 2. The Morgan fingerprint density at radius 2 is 1.58 bits per heavy atom. The first kappa shape index (κ1) is 13.3. The maximum Gasteiger partial charge on any atom is 0.176 e. The van der Waals surface area contributed by atoms with E-state index in [1.807, 2.05) is 26.0 Å². The fourth-order valence-electron chi connectivity index (χ4n) is 1.95. The monoisotopic (exact) mass is 255 g/mol. The predicted molar refractivity (Wildman–Crippen MR) is 75.8 cm³/mol. The predicted octanol–water partition coefficient (Wildman–Crippen LogP) is 3.24. The summed E-state index contributed by atoms with van der Waals surface area (Å²) >= 11 is 0. The second kappa shape index (κ2) is 5.67. The number of hydrogen-bond donors (Lipinski definition) is 1. The SMILES string of the molecule is Cc1cc(C)cc(Oc2ccc(C(=O)CN)cc2)c1. The van der Waals surface area contributed by atoms with Crippen LogP contribution >= 0.6 is 0 Å². The summed E-state index contributed by atoms with van der Waals surface area (Å²) in [7, 11) is 0. The molecule has 19 heavy (non-hydrogen) atoms. The Labute approximate surface area is 113 Å². The lowest BCUT2D eigenvalue weighted by atomic mass is 10.1. The number of ketones is 1. The van der Waals surface area contributed by atoms with Crippen molar-refractivity contribution in [3.8, 4) is 11.5 Å². The third kappa shape index (κ3) is 3.42. The van der Waals surface area contributed by atoms with Crippen LogP contribution in [0.2, 0.25) is 0 Å². The first-order valence-corrected chi connectivity index (χ1v) is 6.18. The first-order valence-electron chi connectivity index (χ1n) is 6.18. The Balaban J connectivity index is 2.17. The van der Waals surface area contributed by atoms with Crippen LogP contribution in [0, 0.1) is 13.8 Å². The Hall–Kier alpha value is -2.13. The minimum Gasteiger partial charge on any atom is -0.457 e. The third-order valence-electron chi connectivity index (χ3n) is 2.79. The molecule has 0 aliphatic carbocycles. The van der Waals surface area contributed by atoms with Crippen molar-refractivity contribution in [2.45, 2.75) is 13.8 Å². The maximum atomic E-state index is 11.4. The molecule has 0 aliphatic rings. The van der Waals surface area contributed by atoms with Crippen LogP contribution in [0.1, 0.15) is 21.5 Å². The van der Waals surface area contributed by atoms with Gasteiger partial charge < -0.3 is 10.5 Å². The van der Waals surface area contributed by atoms with Crippen molar-refractivity contribution in [2.24, 2.45) is 5.73 Å². The van der Waals surface area contributed by atoms with Crippen molar-refractivity contribution in [2.75, 3.05) is 6.54 Å². The summed E-state index contributed by atoms with van der Waals surface area (Å²) in [5, 5.41) is 0. The molecule has 0 saturated heterocycles. The van der Waals surface area contributed by atoms with Gasteiger partial charge in [-0.3, -0.25) is 4.79 Å². The molecule has 0 saturated carbocycles. The summed E-state index contributed by atoms with van der Waals surface area (Å²) in [5.74, 6) is 1.44. The summed E-state index contributed by atoms with van der Waals surface area (Å²) in [6.07, 6.45) is 0. The van der Waals surface area contributed by atoms with E-state index < -0.39 is 0 Å². The molecule has 0 radical (unpaired) electrons. The largest absolute Gasteiger partial charge is 0.457 e. The molecule has 3 nitrogen and oxygen atoms in total. The molecule has 0 heterocycles. The molecule has 0 unspecified atom stereocenters. The third-order valence-corrected chi connectivity index (χ3v) is 2.79. The van der Waals surface area contributed by atoms with Gasteiger partial charge in [0, 0.05) is 5.56 Å². The van der Waals surface area contributed by atoms with Gasteiger partial charge in [0.25, 0.3) is 0 Å². The highest BCUT2D eigenvalue weighted by atomic mass is 16.5. The summed E-state index contributed by atoms with van der Waals surface area (Å²) in [6.45, 7) is 4.09. The summed E-state index contributed by atoms with van der Waals surface area (Å²) in [6, 6.07) is 13.1. The Kier molecular flexibility index (Phi) is 3.97. The van der Waals surface area contributed by atoms with E-state index in [1.165, 1.54) is 0 Å². The summed E-state index contributed by atoms with van der Waals surface area (Å²) in [5.41, 5.74) is 8.24. The van der Waals surface area contributed by atoms with Gasteiger partial charge >= 0.3 is 0 Å². The zero-order chi connectivity index (χ0) is 13.8. The molecule has 2 N–H and O–H groups in total. The van der Waals surface area contributed by atoms with Crippen LogP contribution in [-0.2, 0) is 0 Å². The van der Waals surface area contributed by atoms with E-state index in [-0.39, 0.29) is 12.3 Å². The molecule has 0 bridgehead atoms. The maximum absolute atomic E-state index is 11.4. The summed E-state index contributed by atoms with van der Waals surface area (Å²) < 4.78 is 5.77. The molecule has 0 aromatic heterocycles. The molecule has 3 heteroatoms. The molecule has 2 aromatic rings. The van der Waals surface area contributed by atoms with Crippen LogP contribution in [0.15, 0.2) is 42.5 Å². The normalized spacial score (nSPS) is 10.3. The number of Topliss-reactive ketones (excluding diaryl/α,β-unsaturated/α-hetero) is 1. The van der Waals surface area contributed by atoms with E-state index >= 15 is 0 Å². The molecule has 0 aliphatic heterocycles. The Morgan fingerprint density at radius 3 is 2.11 bits per heavy atom. The van der Waals surface area contributed by atoms with Crippen LogP contribution in [0.4, 0.5) is 0 Å². The molecule has 0 spiro atoms. The van der Waals surface area contributed by atoms with Gasteiger partial charge in [0.1, 0.15) is 11.5 Å². The van der Waals surface area contributed by atoms with E-state index in [0.29, 0.717) is 11.3 Å². The minimum atomic E-state index is -0.0713. The van der Waals surface area contributed by atoms with E-state index in [4.69, 9.17) is 10.5 Å². The van der Waals surface area contributed by atoms with Gasteiger partial charge in [0.05, 0.1) is 6.54 Å². The van der Waals surface area contributed by atoms with Gasteiger partial charge in [-0.2, -0.15) is 0 Å². The number of hydrogen-bond acceptors (Lipinski definition) is 3. The first-order chi connectivity index (χ1) is 9.08. The number of benzene rings is 2. The number of ether oxygens (including phenoxy) is 1. The highest BCUT2D eigenvalue weighted by Gasteiger charge is 2.04. The van der Waals surface area contributed by atoms with Crippen LogP contribution in [-0.4, -0.2) is 12.3 Å². The lowest BCUT2D eigenvalue weighted by Crippen LogP contribution is -2.13. The second-order valence-corrected chi connectivity index (χ2v) is 4.58. The van der Waals surface area contributed by atoms with E-state index in [0.717, 1.165) is 16.9 Å². The lowest BCUT2D eigenvalue weighted by molar-refractivity contribution is 0.100. The van der Waals surface area contributed by atoms with Gasteiger partial charge in [-0.15, -0.1) is 0 Å². The Bertz CT molecular complexity index is 568. The van der Waals surface area contributed by atoms with E-state index in [1.54, 1.807) is 24.3 Å². The zero-order valence-corrected chi connectivity index (χ0v) is 11.1. The smallest absolute Gasteiger partial charge is 0.176 e. The molecule has 98 valence electrons. The second-order valence-electron chi connectivity index (χ2n) is 4.58. The van der Waals surface area contributed by atoms with E-state index in [2.05, 4.69) is 6.07 Å². The van der Waals surface area contributed by atoms with Crippen LogP contribution in [0.3, 0.4) is 0 Å². The number of rotatable bonds is 4. The molecule has 0 fully saturated rings. The van der Waals surface area contributed by atoms with Crippen LogP contribution in [0.25, 0.3) is 0 Å².